The monoisotopic (exact) mass is 209 g/mol. The first-order valence-electron chi connectivity index (χ1n) is 4.00. The fourth-order valence-electron chi connectivity index (χ4n) is 0.886. The highest BCUT2D eigenvalue weighted by molar-refractivity contribution is 7.92. The third-order valence-corrected chi connectivity index (χ3v) is 2.00. The second kappa shape index (κ2) is 4.74. The molecule has 0 bridgehead atoms. The molecule has 0 atom stereocenters. The summed E-state index contributed by atoms with van der Waals surface area (Å²) in [5.74, 6) is 0. The summed E-state index contributed by atoms with van der Waals surface area (Å²) >= 11 is 0. The molecule has 0 radical (unpaired) electrons. The van der Waals surface area contributed by atoms with Gasteiger partial charge in [0.05, 0.1) is 0 Å². The molecule has 1 aromatic carbocycles. The van der Waals surface area contributed by atoms with Crippen molar-refractivity contribution in [1.29, 1.82) is 0 Å². The lowest BCUT2D eigenvalue weighted by Crippen LogP contribution is -2.06. The van der Waals surface area contributed by atoms with Gasteiger partial charge in [-0.1, -0.05) is 42.5 Å². The van der Waals surface area contributed by atoms with Gasteiger partial charge in [-0.15, -0.1) is 0 Å². The molecule has 1 aromatic rings. The van der Waals surface area contributed by atoms with Crippen molar-refractivity contribution in [2.75, 3.05) is 0 Å². The summed E-state index contributed by atoms with van der Waals surface area (Å²) < 4.78 is 21.0. The number of rotatable bonds is 3. The first-order chi connectivity index (χ1) is 6.58. The van der Waals surface area contributed by atoms with E-state index < -0.39 is 10.0 Å². The van der Waals surface area contributed by atoms with E-state index >= 15 is 0 Å². The quantitative estimate of drug-likeness (QED) is 0.767. The predicted octanol–water partition coefficient (Wildman–Crippen LogP) is 1.50. The van der Waals surface area contributed by atoms with Crippen molar-refractivity contribution in [1.82, 2.24) is 0 Å². The Morgan fingerprint density at radius 2 is 1.71 bits per heavy atom. The summed E-state index contributed by atoms with van der Waals surface area (Å²) in [6.45, 7) is 0. The fourth-order valence-corrected chi connectivity index (χ4v) is 1.20. The molecule has 0 saturated heterocycles. The van der Waals surface area contributed by atoms with Gasteiger partial charge >= 0.3 is 0 Å². The molecule has 0 aliphatic rings. The number of allylic oxidation sites excluding steroid dienone is 2. The van der Waals surface area contributed by atoms with Crippen LogP contribution in [0.4, 0.5) is 0 Å². The van der Waals surface area contributed by atoms with Crippen molar-refractivity contribution < 1.29 is 8.42 Å². The highest BCUT2D eigenvalue weighted by Crippen LogP contribution is 2.00. The largest absolute Gasteiger partial charge is 0.231 e. The lowest BCUT2D eigenvalue weighted by atomic mass is 10.2. The van der Waals surface area contributed by atoms with Crippen molar-refractivity contribution >= 4 is 16.1 Å². The number of nitrogens with two attached hydrogens (primary N) is 1. The second-order valence-electron chi connectivity index (χ2n) is 2.69. The first-order valence-corrected chi connectivity index (χ1v) is 5.61. The van der Waals surface area contributed by atoms with Crippen LogP contribution in [0.2, 0.25) is 0 Å². The topological polar surface area (TPSA) is 60.2 Å². The van der Waals surface area contributed by atoms with Gasteiger partial charge in [-0.25, -0.2) is 13.6 Å². The van der Waals surface area contributed by atoms with Crippen LogP contribution in [0.15, 0.2) is 47.9 Å². The van der Waals surface area contributed by atoms with Gasteiger partial charge in [0.1, 0.15) is 0 Å². The minimum Gasteiger partial charge on any atom is -0.225 e. The summed E-state index contributed by atoms with van der Waals surface area (Å²) in [5.41, 5.74) is 1.01. The Hall–Kier alpha value is -1.39. The van der Waals surface area contributed by atoms with Crippen LogP contribution in [0, 0.1) is 0 Å². The third-order valence-electron chi connectivity index (χ3n) is 1.47. The van der Waals surface area contributed by atoms with Crippen molar-refractivity contribution in [2.45, 2.75) is 0 Å². The van der Waals surface area contributed by atoms with Gasteiger partial charge in [0.25, 0.3) is 0 Å². The molecule has 0 heterocycles. The van der Waals surface area contributed by atoms with E-state index in [4.69, 9.17) is 5.14 Å². The first kappa shape index (κ1) is 10.7. The highest BCUT2D eigenvalue weighted by atomic mass is 32.2. The van der Waals surface area contributed by atoms with Crippen LogP contribution in [0.3, 0.4) is 0 Å². The molecule has 1 rings (SSSR count). The van der Waals surface area contributed by atoms with Crippen molar-refractivity contribution in [3.05, 3.63) is 53.5 Å². The smallest absolute Gasteiger partial charge is 0.225 e. The van der Waals surface area contributed by atoms with Crippen LogP contribution >= 0.6 is 0 Å². The van der Waals surface area contributed by atoms with Gasteiger partial charge < -0.3 is 0 Å². The lowest BCUT2D eigenvalue weighted by Gasteiger charge is -1.88. The number of benzene rings is 1. The molecule has 0 aliphatic carbocycles. The van der Waals surface area contributed by atoms with Gasteiger partial charge in [0.2, 0.25) is 10.0 Å². The SMILES string of the molecule is NS(=O)(=O)/C=C/C=C/c1ccccc1. The molecule has 0 aliphatic heterocycles. The van der Waals surface area contributed by atoms with E-state index in [0.29, 0.717) is 0 Å². The van der Waals surface area contributed by atoms with Crippen molar-refractivity contribution in [2.24, 2.45) is 5.14 Å². The molecular formula is C10H11NO2S. The van der Waals surface area contributed by atoms with Gasteiger partial charge in [-0.05, 0) is 11.6 Å². The molecule has 0 fully saturated rings. The Bertz CT molecular complexity index is 432. The second-order valence-corrected chi connectivity index (χ2v) is 4.14. The molecule has 2 N–H and O–H groups in total. The van der Waals surface area contributed by atoms with Crippen LogP contribution in [0.5, 0.6) is 0 Å². The normalized spacial score (nSPS) is 12.6. The molecule has 14 heavy (non-hydrogen) atoms. The van der Waals surface area contributed by atoms with E-state index in [1.807, 2.05) is 30.3 Å². The van der Waals surface area contributed by atoms with Crippen molar-refractivity contribution in [3.63, 3.8) is 0 Å². The Morgan fingerprint density at radius 3 is 2.29 bits per heavy atom. The molecule has 0 amide bonds. The van der Waals surface area contributed by atoms with E-state index in [9.17, 15) is 8.42 Å². The maximum absolute atomic E-state index is 10.5. The summed E-state index contributed by atoms with van der Waals surface area (Å²) in [6, 6.07) is 9.56. The summed E-state index contributed by atoms with van der Waals surface area (Å²) in [4.78, 5) is 0. The standard InChI is InChI=1S/C10H11NO2S/c11-14(12,13)9-5-4-8-10-6-2-1-3-7-10/h1-9H,(H2,11,12,13)/b8-4+,9-5+. The van der Waals surface area contributed by atoms with E-state index in [1.165, 1.54) is 6.08 Å². The number of hydrogen-bond donors (Lipinski definition) is 1. The summed E-state index contributed by atoms with van der Waals surface area (Å²) in [5, 5.41) is 5.72. The zero-order valence-corrected chi connectivity index (χ0v) is 8.31. The lowest BCUT2D eigenvalue weighted by molar-refractivity contribution is 0.606. The zero-order valence-electron chi connectivity index (χ0n) is 7.50. The molecule has 0 saturated carbocycles. The number of primary sulfonamides is 1. The Morgan fingerprint density at radius 1 is 1.07 bits per heavy atom. The minimum absolute atomic E-state index is 0.951. The van der Waals surface area contributed by atoms with Crippen molar-refractivity contribution in [3.8, 4) is 0 Å². The fraction of sp³-hybridized carbons (Fsp3) is 0. The molecule has 0 unspecified atom stereocenters. The summed E-state index contributed by atoms with van der Waals surface area (Å²) in [7, 11) is -3.51. The Kier molecular flexibility index (Phi) is 3.62. The Balaban J connectivity index is 2.63. The van der Waals surface area contributed by atoms with Crippen LogP contribution < -0.4 is 5.14 Å². The van der Waals surface area contributed by atoms with Gasteiger partial charge in [-0.3, -0.25) is 0 Å². The van der Waals surface area contributed by atoms with Crippen LogP contribution in [-0.4, -0.2) is 8.42 Å². The van der Waals surface area contributed by atoms with Crippen LogP contribution in [0.25, 0.3) is 6.08 Å². The zero-order chi connectivity index (χ0) is 10.4. The molecule has 4 heteroatoms. The average Bonchev–Trinajstić information content (AvgIpc) is 2.13. The predicted molar refractivity (Wildman–Crippen MR) is 57.7 cm³/mol. The third kappa shape index (κ3) is 4.59. The maximum Gasteiger partial charge on any atom is 0.231 e. The Labute approximate surface area is 83.6 Å². The van der Waals surface area contributed by atoms with Crippen LogP contribution in [0.1, 0.15) is 5.56 Å². The molecule has 0 spiro atoms. The van der Waals surface area contributed by atoms with Gasteiger partial charge in [0, 0.05) is 5.41 Å². The van der Waals surface area contributed by atoms with Gasteiger partial charge in [0.15, 0.2) is 0 Å². The number of sulfonamides is 1. The van der Waals surface area contributed by atoms with Gasteiger partial charge in [-0.2, -0.15) is 0 Å². The number of hydrogen-bond acceptors (Lipinski definition) is 2. The minimum atomic E-state index is -3.51. The molecule has 0 aromatic heterocycles. The molecular weight excluding hydrogens is 198 g/mol. The highest BCUT2D eigenvalue weighted by Gasteiger charge is 1.89. The van der Waals surface area contributed by atoms with E-state index in [-0.39, 0.29) is 0 Å². The average molecular weight is 209 g/mol. The maximum atomic E-state index is 10.5. The van der Waals surface area contributed by atoms with E-state index in [1.54, 1.807) is 12.2 Å². The van der Waals surface area contributed by atoms with E-state index in [2.05, 4.69) is 0 Å². The molecule has 3 nitrogen and oxygen atoms in total. The van der Waals surface area contributed by atoms with Crippen LogP contribution in [-0.2, 0) is 10.0 Å². The van der Waals surface area contributed by atoms with E-state index in [0.717, 1.165) is 11.0 Å². The summed E-state index contributed by atoms with van der Waals surface area (Å²) in [6.07, 6.45) is 4.81. The molecule has 74 valence electrons.